The number of hydrogen-bond donors (Lipinski definition) is 1. The van der Waals surface area contributed by atoms with Gasteiger partial charge in [-0.15, -0.1) is 0 Å². The second-order valence-electron chi connectivity index (χ2n) is 6.43. The highest BCUT2D eigenvalue weighted by Gasteiger charge is 2.16. The Labute approximate surface area is 165 Å². The Morgan fingerprint density at radius 2 is 2.04 bits per heavy atom. The molecule has 1 heterocycles. The second kappa shape index (κ2) is 8.73. The third-order valence-electron chi connectivity index (χ3n) is 4.55. The van der Waals surface area contributed by atoms with Gasteiger partial charge in [-0.1, -0.05) is 17.7 Å². The zero-order valence-electron chi connectivity index (χ0n) is 14.9. The van der Waals surface area contributed by atoms with E-state index in [0.29, 0.717) is 17.4 Å². The number of carbonyl (C=O) groups excluding carboxylic acids is 1. The van der Waals surface area contributed by atoms with Crippen molar-refractivity contribution in [2.45, 2.75) is 25.9 Å². The van der Waals surface area contributed by atoms with E-state index in [9.17, 15) is 13.6 Å². The number of ether oxygens (including phenoxy) is 1. The summed E-state index contributed by atoms with van der Waals surface area (Å²) < 4.78 is 29.3. The molecule has 144 valence electrons. The number of aryl methyl sites for hydroxylation is 1. The highest BCUT2D eigenvalue weighted by Crippen LogP contribution is 2.31. The molecule has 6 nitrogen and oxygen atoms in total. The van der Waals surface area contributed by atoms with E-state index in [0.717, 1.165) is 37.1 Å². The molecule has 1 N–H and O–H groups in total. The number of benzene rings is 2. The molecule has 0 aromatic heterocycles. The summed E-state index contributed by atoms with van der Waals surface area (Å²) in [5.74, 6) is -0.0334. The Morgan fingerprint density at radius 1 is 1.22 bits per heavy atom. The molecule has 1 unspecified atom stereocenters. The van der Waals surface area contributed by atoms with E-state index in [4.69, 9.17) is 16.3 Å². The summed E-state index contributed by atoms with van der Waals surface area (Å²) >= 11 is 3.48. The number of fused-ring (bicyclic) bond motifs is 2. The van der Waals surface area contributed by atoms with Crippen molar-refractivity contribution in [3.8, 4) is 5.75 Å². The monoisotopic (exact) mass is 407 g/mol. The topological polar surface area (TPSA) is 81.7 Å². The van der Waals surface area contributed by atoms with Gasteiger partial charge in [0.25, 0.3) is 5.91 Å². The van der Waals surface area contributed by atoms with Crippen molar-refractivity contribution in [3.63, 3.8) is 0 Å². The summed E-state index contributed by atoms with van der Waals surface area (Å²) in [6.07, 6.45) is 2.89. The van der Waals surface area contributed by atoms with Crippen LogP contribution in [0.25, 0.3) is 0 Å². The number of amides is 1. The molecule has 1 aliphatic heterocycles. The van der Waals surface area contributed by atoms with E-state index in [1.807, 2.05) is 34.9 Å². The van der Waals surface area contributed by atoms with Crippen LogP contribution in [0.3, 0.4) is 0 Å². The van der Waals surface area contributed by atoms with Gasteiger partial charge in [-0.2, -0.15) is 0 Å². The Kier molecular flexibility index (Phi) is 6.36. The van der Waals surface area contributed by atoms with Gasteiger partial charge in [-0.3, -0.25) is 13.7 Å². The number of halogens is 1. The summed E-state index contributed by atoms with van der Waals surface area (Å²) in [6.45, 7) is 1.17. The predicted molar refractivity (Wildman–Crippen MR) is 105 cm³/mol. The van der Waals surface area contributed by atoms with E-state index in [-0.39, 0.29) is 5.56 Å². The Bertz CT molecular complexity index is 875. The Balaban J connectivity index is 1.92. The highest BCUT2D eigenvalue weighted by atomic mass is 35.5. The van der Waals surface area contributed by atoms with Gasteiger partial charge in [-0.05, 0) is 60.7 Å². The van der Waals surface area contributed by atoms with Gasteiger partial charge in [-0.25, -0.2) is 0 Å². The van der Waals surface area contributed by atoms with Crippen LogP contribution in [-0.2, 0) is 24.3 Å². The molecule has 1 aliphatic rings. The van der Waals surface area contributed by atoms with Crippen LogP contribution in [-0.4, -0.2) is 28.3 Å². The van der Waals surface area contributed by atoms with Crippen molar-refractivity contribution >= 4 is 34.5 Å². The van der Waals surface area contributed by atoms with E-state index >= 15 is 0 Å². The highest BCUT2D eigenvalue weighted by molar-refractivity contribution is 7.77. The molecule has 0 fully saturated rings. The minimum Gasteiger partial charge on any atom is -0.755 e. The lowest BCUT2D eigenvalue weighted by Gasteiger charge is -2.23. The normalized spacial score (nSPS) is 15.6. The van der Waals surface area contributed by atoms with Crippen molar-refractivity contribution < 1.29 is 18.3 Å². The molecule has 27 heavy (non-hydrogen) atoms. The average Bonchev–Trinajstić information content (AvgIpc) is 2.65. The fourth-order valence-electron chi connectivity index (χ4n) is 3.12. The molecule has 0 spiro atoms. The number of hydrogen-bond acceptors (Lipinski definition) is 5. The fourth-order valence-corrected chi connectivity index (χ4v) is 3.59. The van der Waals surface area contributed by atoms with Gasteiger partial charge in [0.2, 0.25) is 0 Å². The van der Waals surface area contributed by atoms with Gasteiger partial charge in [0.05, 0.1) is 5.69 Å². The van der Waals surface area contributed by atoms with Crippen LogP contribution in [0.5, 0.6) is 5.75 Å². The first kappa shape index (κ1) is 19.7. The van der Waals surface area contributed by atoms with Crippen LogP contribution in [0.4, 0.5) is 5.69 Å². The zero-order chi connectivity index (χ0) is 19.4. The van der Waals surface area contributed by atoms with Crippen molar-refractivity contribution in [3.05, 3.63) is 58.1 Å². The van der Waals surface area contributed by atoms with Crippen LogP contribution < -0.4 is 14.4 Å². The first-order valence-electron chi connectivity index (χ1n) is 8.59. The molecule has 0 saturated carbocycles. The van der Waals surface area contributed by atoms with Crippen molar-refractivity contribution in [1.82, 2.24) is 4.72 Å². The average molecular weight is 408 g/mol. The van der Waals surface area contributed by atoms with Crippen LogP contribution in [0.1, 0.15) is 34.3 Å². The fraction of sp³-hybridized carbons (Fsp3) is 0.316. The van der Waals surface area contributed by atoms with E-state index < -0.39 is 17.2 Å². The molecule has 0 bridgehead atoms. The van der Waals surface area contributed by atoms with Crippen LogP contribution in [0, 0.1) is 0 Å². The summed E-state index contributed by atoms with van der Waals surface area (Å²) in [6, 6.07) is 10.7. The first-order chi connectivity index (χ1) is 12.9. The molecule has 0 aliphatic carbocycles. The molecular formula is C19H20ClN2O4S-. The number of carbonyl (C=O) groups is 1. The number of nitrogens with zero attached hydrogens (tertiary/aromatic N) is 1. The van der Waals surface area contributed by atoms with Gasteiger partial charge >= 0.3 is 0 Å². The Hall–Kier alpha value is -2.09. The minimum atomic E-state index is -2.65. The minimum absolute atomic E-state index is 0.260. The molecular weight excluding hydrogens is 388 g/mol. The van der Waals surface area contributed by atoms with E-state index in [1.54, 1.807) is 18.2 Å². The van der Waals surface area contributed by atoms with Crippen molar-refractivity contribution in [2.75, 3.05) is 18.5 Å². The van der Waals surface area contributed by atoms with Gasteiger partial charge in [0.1, 0.15) is 12.4 Å². The van der Waals surface area contributed by atoms with Crippen molar-refractivity contribution in [1.29, 1.82) is 0 Å². The standard InChI is InChI=1S/C19H21ClN2O4S/c1-22-9-3-2-4-13-10-16(20)7-5-15(13)12-26-18-8-6-14(11-17(18)22)19(23)21-27(24)25/h5-8,10-11H,2-4,9,12H2,1H3,(H,21,23)(H,24,25)/p-1. The smallest absolute Gasteiger partial charge is 0.262 e. The maximum absolute atomic E-state index is 12.0. The molecule has 2 aromatic carbocycles. The van der Waals surface area contributed by atoms with E-state index in [1.165, 1.54) is 5.56 Å². The lowest BCUT2D eigenvalue weighted by molar-refractivity contribution is 0.0980. The number of nitrogens with one attached hydrogen (secondary N) is 1. The van der Waals surface area contributed by atoms with Crippen molar-refractivity contribution in [2.24, 2.45) is 0 Å². The lowest BCUT2D eigenvalue weighted by atomic mass is 10.0. The van der Waals surface area contributed by atoms with Gasteiger partial charge in [0, 0.05) is 35.4 Å². The molecule has 2 aromatic rings. The third kappa shape index (κ3) is 5.00. The number of rotatable bonds is 2. The summed E-state index contributed by atoms with van der Waals surface area (Å²) in [4.78, 5) is 14.0. The molecule has 1 atom stereocenters. The van der Waals surface area contributed by atoms with Crippen LogP contribution >= 0.6 is 11.6 Å². The van der Waals surface area contributed by atoms with E-state index in [2.05, 4.69) is 0 Å². The SMILES string of the molecule is CN1CCCCc2cc(Cl)ccc2COc2ccc(C(=O)NS(=O)[O-])cc21. The quantitative estimate of drug-likeness (QED) is 0.773. The second-order valence-corrected chi connectivity index (χ2v) is 7.54. The van der Waals surface area contributed by atoms with Crippen LogP contribution in [0.2, 0.25) is 5.02 Å². The number of anilines is 1. The molecule has 0 saturated heterocycles. The van der Waals surface area contributed by atoms with Crippen LogP contribution in [0.15, 0.2) is 36.4 Å². The molecule has 0 radical (unpaired) electrons. The third-order valence-corrected chi connectivity index (χ3v) is 5.14. The first-order valence-corrected chi connectivity index (χ1v) is 10.0. The predicted octanol–water partition coefficient (Wildman–Crippen LogP) is 3.22. The summed E-state index contributed by atoms with van der Waals surface area (Å²) in [5, 5.41) is 0.715. The molecule has 1 amide bonds. The Morgan fingerprint density at radius 3 is 2.81 bits per heavy atom. The largest absolute Gasteiger partial charge is 0.755 e. The zero-order valence-corrected chi connectivity index (χ0v) is 16.4. The van der Waals surface area contributed by atoms with Gasteiger partial charge in [0.15, 0.2) is 0 Å². The molecule has 3 rings (SSSR count). The maximum atomic E-state index is 12.0. The summed E-state index contributed by atoms with van der Waals surface area (Å²) in [7, 11) is 1.93. The summed E-state index contributed by atoms with van der Waals surface area (Å²) in [5.41, 5.74) is 3.27. The maximum Gasteiger partial charge on any atom is 0.262 e. The lowest BCUT2D eigenvalue weighted by Crippen LogP contribution is -2.26. The molecule has 8 heteroatoms. The van der Waals surface area contributed by atoms with Gasteiger partial charge < -0.3 is 14.2 Å².